The second kappa shape index (κ2) is 6.35. The number of aryl methyl sites for hydroxylation is 1. The van der Waals surface area contributed by atoms with Crippen LogP contribution in [0.15, 0.2) is 18.2 Å². The number of nitrogens with zero attached hydrogens (tertiary/aromatic N) is 1. The molecule has 3 rings (SSSR count). The Morgan fingerprint density at radius 1 is 1.43 bits per heavy atom. The molecule has 0 bridgehead atoms. The summed E-state index contributed by atoms with van der Waals surface area (Å²) >= 11 is 5.95. The zero-order chi connectivity index (χ0) is 14.7. The predicted octanol–water partition coefficient (Wildman–Crippen LogP) is 3.00. The maximum absolute atomic E-state index is 11.6. The van der Waals surface area contributed by atoms with Crippen molar-refractivity contribution in [1.29, 1.82) is 0 Å². The maximum Gasteiger partial charge on any atom is 0.315 e. The Morgan fingerprint density at radius 2 is 2.29 bits per heavy atom. The number of carbonyl (C=O) groups excluding carboxylic acids is 1. The molecule has 0 aliphatic heterocycles. The Labute approximate surface area is 128 Å². The van der Waals surface area contributed by atoms with Crippen molar-refractivity contribution in [3.05, 3.63) is 29.0 Å². The number of carbonyl (C=O) groups is 1. The van der Waals surface area contributed by atoms with Gasteiger partial charge >= 0.3 is 6.03 Å². The molecule has 6 heteroatoms. The zero-order valence-corrected chi connectivity index (χ0v) is 12.5. The fourth-order valence-corrected chi connectivity index (χ4v) is 2.57. The maximum atomic E-state index is 11.6. The molecule has 0 unspecified atom stereocenters. The first-order valence-electron chi connectivity index (χ1n) is 7.39. The highest BCUT2D eigenvalue weighted by molar-refractivity contribution is 6.31. The summed E-state index contributed by atoms with van der Waals surface area (Å²) in [5, 5.41) is 6.54. The van der Waals surface area contributed by atoms with Gasteiger partial charge in [0.25, 0.3) is 0 Å². The van der Waals surface area contributed by atoms with Crippen LogP contribution in [0.2, 0.25) is 5.02 Å². The average Bonchev–Trinajstić information content (AvgIpc) is 2.81. The van der Waals surface area contributed by atoms with Gasteiger partial charge in [0.05, 0.1) is 11.0 Å². The molecule has 0 saturated heterocycles. The highest BCUT2D eigenvalue weighted by Crippen LogP contribution is 2.18. The SMILES string of the molecule is O=C(NCCCc1nc2ccc(Cl)cc2[nH]1)NC1CCC1. The van der Waals surface area contributed by atoms with E-state index in [1.165, 1.54) is 6.42 Å². The molecule has 2 aromatic rings. The molecule has 5 nitrogen and oxygen atoms in total. The zero-order valence-electron chi connectivity index (χ0n) is 11.8. The lowest BCUT2D eigenvalue weighted by molar-refractivity contribution is 0.228. The van der Waals surface area contributed by atoms with E-state index in [2.05, 4.69) is 20.6 Å². The summed E-state index contributed by atoms with van der Waals surface area (Å²) in [4.78, 5) is 19.3. The van der Waals surface area contributed by atoms with E-state index in [0.29, 0.717) is 17.6 Å². The third-order valence-corrected chi connectivity index (χ3v) is 4.04. The third-order valence-electron chi connectivity index (χ3n) is 3.81. The minimum Gasteiger partial charge on any atom is -0.342 e. The number of hydrogen-bond acceptors (Lipinski definition) is 2. The van der Waals surface area contributed by atoms with Crippen molar-refractivity contribution >= 4 is 28.7 Å². The normalized spacial score (nSPS) is 14.9. The number of amides is 2. The van der Waals surface area contributed by atoms with Gasteiger partial charge in [-0.2, -0.15) is 0 Å². The molecular weight excluding hydrogens is 288 g/mol. The van der Waals surface area contributed by atoms with Crippen molar-refractivity contribution in [3.63, 3.8) is 0 Å². The average molecular weight is 307 g/mol. The van der Waals surface area contributed by atoms with Crippen LogP contribution in [0.5, 0.6) is 0 Å². The molecule has 2 amide bonds. The van der Waals surface area contributed by atoms with E-state index in [0.717, 1.165) is 42.5 Å². The summed E-state index contributed by atoms with van der Waals surface area (Å²) in [6, 6.07) is 5.93. The number of fused-ring (bicyclic) bond motifs is 1. The number of nitrogens with one attached hydrogen (secondary N) is 3. The summed E-state index contributed by atoms with van der Waals surface area (Å²) in [5.41, 5.74) is 1.87. The monoisotopic (exact) mass is 306 g/mol. The summed E-state index contributed by atoms with van der Waals surface area (Å²) in [6.45, 7) is 0.649. The third kappa shape index (κ3) is 3.67. The van der Waals surface area contributed by atoms with Crippen LogP contribution in [-0.2, 0) is 6.42 Å². The van der Waals surface area contributed by atoms with E-state index >= 15 is 0 Å². The van der Waals surface area contributed by atoms with Crippen LogP contribution in [0.25, 0.3) is 11.0 Å². The summed E-state index contributed by atoms with van der Waals surface area (Å²) in [6.07, 6.45) is 5.09. The van der Waals surface area contributed by atoms with Crippen LogP contribution in [-0.4, -0.2) is 28.6 Å². The van der Waals surface area contributed by atoms with Gasteiger partial charge < -0.3 is 15.6 Å². The number of halogens is 1. The Bertz CT molecular complexity index is 636. The van der Waals surface area contributed by atoms with Crippen LogP contribution in [0.3, 0.4) is 0 Å². The Kier molecular flexibility index (Phi) is 4.29. The fourth-order valence-electron chi connectivity index (χ4n) is 2.40. The standard InChI is InChI=1S/C15H19ClN4O/c16-10-6-7-12-13(9-10)20-14(19-12)5-2-8-17-15(21)18-11-3-1-4-11/h6-7,9,11H,1-5,8H2,(H,19,20)(H2,17,18,21). The topological polar surface area (TPSA) is 69.8 Å². The summed E-state index contributed by atoms with van der Waals surface area (Å²) < 4.78 is 0. The number of rotatable bonds is 5. The van der Waals surface area contributed by atoms with Crippen LogP contribution >= 0.6 is 11.6 Å². The number of urea groups is 1. The molecule has 1 fully saturated rings. The number of hydrogen-bond donors (Lipinski definition) is 3. The van der Waals surface area contributed by atoms with E-state index in [-0.39, 0.29) is 6.03 Å². The van der Waals surface area contributed by atoms with Crippen molar-refractivity contribution in [1.82, 2.24) is 20.6 Å². The van der Waals surface area contributed by atoms with Gasteiger partial charge in [-0.05, 0) is 43.9 Å². The molecule has 1 aromatic carbocycles. The molecule has 0 spiro atoms. The molecule has 1 aliphatic rings. The first kappa shape index (κ1) is 14.2. The molecule has 3 N–H and O–H groups in total. The van der Waals surface area contributed by atoms with E-state index in [1.807, 2.05) is 18.2 Å². The fraction of sp³-hybridized carbons (Fsp3) is 0.467. The van der Waals surface area contributed by atoms with Gasteiger partial charge in [0.2, 0.25) is 0 Å². The van der Waals surface area contributed by atoms with Crippen molar-refractivity contribution < 1.29 is 4.79 Å². The van der Waals surface area contributed by atoms with Crippen molar-refractivity contribution in [2.45, 2.75) is 38.1 Å². The first-order valence-corrected chi connectivity index (χ1v) is 7.77. The molecule has 1 aromatic heterocycles. The van der Waals surface area contributed by atoms with Crippen LogP contribution in [0.4, 0.5) is 4.79 Å². The smallest absolute Gasteiger partial charge is 0.315 e. The highest BCUT2D eigenvalue weighted by Gasteiger charge is 2.18. The van der Waals surface area contributed by atoms with Crippen molar-refractivity contribution in [2.24, 2.45) is 0 Å². The molecule has 1 aliphatic carbocycles. The second-order valence-corrected chi connectivity index (χ2v) is 5.91. The number of benzene rings is 1. The van der Waals surface area contributed by atoms with Crippen LogP contribution in [0, 0.1) is 0 Å². The molecular formula is C15H19ClN4O. The number of H-pyrrole nitrogens is 1. The van der Waals surface area contributed by atoms with E-state index in [4.69, 9.17) is 11.6 Å². The van der Waals surface area contributed by atoms with Crippen LogP contribution in [0.1, 0.15) is 31.5 Å². The van der Waals surface area contributed by atoms with Gasteiger partial charge in [0.1, 0.15) is 5.82 Å². The van der Waals surface area contributed by atoms with E-state index in [9.17, 15) is 4.79 Å². The predicted molar refractivity (Wildman–Crippen MR) is 83.6 cm³/mol. The highest BCUT2D eigenvalue weighted by atomic mass is 35.5. The van der Waals surface area contributed by atoms with Crippen LogP contribution < -0.4 is 10.6 Å². The van der Waals surface area contributed by atoms with Gasteiger partial charge in [-0.1, -0.05) is 11.6 Å². The second-order valence-electron chi connectivity index (χ2n) is 5.48. The van der Waals surface area contributed by atoms with Gasteiger partial charge in [0, 0.05) is 24.0 Å². The van der Waals surface area contributed by atoms with Gasteiger partial charge in [-0.3, -0.25) is 0 Å². The molecule has 0 radical (unpaired) electrons. The van der Waals surface area contributed by atoms with Gasteiger partial charge in [0.15, 0.2) is 0 Å². The summed E-state index contributed by atoms with van der Waals surface area (Å²) in [5.74, 6) is 0.925. The van der Waals surface area contributed by atoms with Gasteiger partial charge in [-0.25, -0.2) is 9.78 Å². The minimum absolute atomic E-state index is 0.0592. The van der Waals surface area contributed by atoms with E-state index in [1.54, 1.807) is 0 Å². The number of aromatic nitrogens is 2. The van der Waals surface area contributed by atoms with Crippen molar-refractivity contribution in [3.8, 4) is 0 Å². The van der Waals surface area contributed by atoms with Gasteiger partial charge in [-0.15, -0.1) is 0 Å². The lowest BCUT2D eigenvalue weighted by atomic mass is 9.93. The molecule has 1 saturated carbocycles. The molecule has 0 atom stereocenters. The Balaban J connectivity index is 1.42. The largest absolute Gasteiger partial charge is 0.342 e. The quantitative estimate of drug-likeness (QED) is 0.743. The minimum atomic E-state index is -0.0592. The Hall–Kier alpha value is -1.75. The first-order chi connectivity index (χ1) is 10.2. The van der Waals surface area contributed by atoms with Crippen molar-refractivity contribution in [2.75, 3.05) is 6.54 Å². The number of imidazole rings is 1. The lowest BCUT2D eigenvalue weighted by Crippen LogP contribution is -2.45. The molecule has 112 valence electrons. The summed E-state index contributed by atoms with van der Waals surface area (Å²) in [7, 11) is 0. The number of aromatic amines is 1. The lowest BCUT2D eigenvalue weighted by Gasteiger charge is -2.26. The Morgan fingerprint density at radius 3 is 3.05 bits per heavy atom. The van der Waals surface area contributed by atoms with E-state index < -0.39 is 0 Å². The molecule has 1 heterocycles. The molecule has 21 heavy (non-hydrogen) atoms.